The zero-order valence-electron chi connectivity index (χ0n) is 10.7. The molecule has 2 heteroatoms. The first-order chi connectivity index (χ1) is 7.43. The quantitative estimate of drug-likeness (QED) is 0.785. The molecule has 1 saturated heterocycles. The van der Waals surface area contributed by atoms with Crippen LogP contribution >= 0.6 is 0 Å². The topological polar surface area (TPSA) is 29.3 Å². The molecule has 0 amide bonds. The summed E-state index contributed by atoms with van der Waals surface area (Å²) in [5.74, 6) is 0. The second-order valence-corrected chi connectivity index (χ2v) is 5.47. The lowest BCUT2D eigenvalue weighted by Gasteiger charge is -2.36. The lowest BCUT2D eigenvalue weighted by Crippen LogP contribution is -2.48. The maximum atomic E-state index is 6.17. The van der Waals surface area contributed by atoms with Crippen molar-refractivity contribution >= 4 is 5.69 Å². The van der Waals surface area contributed by atoms with Crippen LogP contribution in [0.2, 0.25) is 0 Å². The molecule has 1 aromatic carbocycles. The number of anilines is 1. The van der Waals surface area contributed by atoms with Crippen LogP contribution in [0.25, 0.3) is 0 Å². The summed E-state index contributed by atoms with van der Waals surface area (Å²) in [5.41, 5.74) is 10.3. The van der Waals surface area contributed by atoms with Gasteiger partial charge < -0.3 is 10.6 Å². The van der Waals surface area contributed by atoms with Gasteiger partial charge in [-0.3, -0.25) is 0 Å². The lowest BCUT2D eigenvalue weighted by molar-refractivity contribution is 0.453. The fourth-order valence-corrected chi connectivity index (χ4v) is 2.47. The Labute approximate surface area is 98.4 Å². The third-order valence-corrected chi connectivity index (χ3v) is 4.07. The van der Waals surface area contributed by atoms with Gasteiger partial charge in [-0.2, -0.15) is 0 Å². The number of hydrogen-bond donors (Lipinski definition) is 1. The molecule has 0 spiro atoms. The Hall–Kier alpha value is -1.02. The van der Waals surface area contributed by atoms with E-state index in [2.05, 4.69) is 50.8 Å². The van der Waals surface area contributed by atoms with E-state index in [1.165, 1.54) is 16.8 Å². The standard InChI is InChI=1S/C14H22N2/c1-10-5-6-12(9-11(10)2)16-8-7-13(15)14(16,3)4/h5-6,9,13H,7-8,15H2,1-4H3. The molecule has 1 atom stereocenters. The van der Waals surface area contributed by atoms with E-state index < -0.39 is 0 Å². The van der Waals surface area contributed by atoms with Crippen LogP contribution < -0.4 is 10.6 Å². The largest absolute Gasteiger partial charge is 0.365 e. The summed E-state index contributed by atoms with van der Waals surface area (Å²) >= 11 is 0. The molecule has 2 N–H and O–H groups in total. The molecular weight excluding hydrogens is 196 g/mol. The van der Waals surface area contributed by atoms with Crippen LogP contribution in [0.15, 0.2) is 18.2 Å². The minimum absolute atomic E-state index is 0.0711. The van der Waals surface area contributed by atoms with E-state index in [1.54, 1.807) is 0 Å². The summed E-state index contributed by atoms with van der Waals surface area (Å²) in [6.07, 6.45) is 1.08. The van der Waals surface area contributed by atoms with Crippen LogP contribution in [-0.2, 0) is 0 Å². The maximum absolute atomic E-state index is 6.17. The van der Waals surface area contributed by atoms with Crippen LogP contribution in [0.5, 0.6) is 0 Å². The normalized spacial score (nSPS) is 23.8. The van der Waals surface area contributed by atoms with Gasteiger partial charge in [0.25, 0.3) is 0 Å². The second-order valence-electron chi connectivity index (χ2n) is 5.47. The molecule has 0 aliphatic carbocycles. The summed E-state index contributed by atoms with van der Waals surface area (Å²) in [6.45, 7) is 9.86. The molecule has 0 bridgehead atoms. The molecule has 2 nitrogen and oxygen atoms in total. The monoisotopic (exact) mass is 218 g/mol. The van der Waals surface area contributed by atoms with Crippen molar-refractivity contribution in [2.75, 3.05) is 11.4 Å². The summed E-state index contributed by atoms with van der Waals surface area (Å²) in [5, 5.41) is 0. The van der Waals surface area contributed by atoms with Crippen molar-refractivity contribution in [3.63, 3.8) is 0 Å². The van der Waals surface area contributed by atoms with Gasteiger partial charge in [0, 0.05) is 23.8 Å². The van der Waals surface area contributed by atoms with Gasteiger partial charge in [0.2, 0.25) is 0 Å². The third kappa shape index (κ3) is 1.71. The molecule has 0 radical (unpaired) electrons. The number of nitrogens with two attached hydrogens (primary N) is 1. The smallest absolute Gasteiger partial charge is 0.0497 e. The molecule has 1 heterocycles. The van der Waals surface area contributed by atoms with Crippen molar-refractivity contribution in [3.8, 4) is 0 Å². The highest BCUT2D eigenvalue weighted by atomic mass is 15.2. The Kier molecular flexibility index (Phi) is 2.70. The highest BCUT2D eigenvalue weighted by Crippen LogP contribution is 2.33. The van der Waals surface area contributed by atoms with E-state index in [0.717, 1.165) is 13.0 Å². The van der Waals surface area contributed by atoms with E-state index in [0.29, 0.717) is 0 Å². The lowest BCUT2D eigenvalue weighted by atomic mass is 9.96. The summed E-state index contributed by atoms with van der Waals surface area (Å²) in [6, 6.07) is 6.95. The summed E-state index contributed by atoms with van der Waals surface area (Å²) in [4.78, 5) is 2.43. The van der Waals surface area contributed by atoms with Gasteiger partial charge >= 0.3 is 0 Å². The molecule has 1 aliphatic heterocycles. The molecular formula is C14H22N2. The van der Waals surface area contributed by atoms with E-state index in [9.17, 15) is 0 Å². The number of hydrogen-bond acceptors (Lipinski definition) is 2. The molecule has 0 aromatic heterocycles. The Morgan fingerprint density at radius 1 is 1.25 bits per heavy atom. The molecule has 88 valence electrons. The third-order valence-electron chi connectivity index (χ3n) is 4.07. The Bertz CT molecular complexity index is 396. The van der Waals surface area contributed by atoms with Crippen LogP contribution in [0.4, 0.5) is 5.69 Å². The molecule has 1 fully saturated rings. The summed E-state index contributed by atoms with van der Waals surface area (Å²) < 4.78 is 0. The molecule has 1 aromatic rings. The maximum Gasteiger partial charge on any atom is 0.0497 e. The van der Waals surface area contributed by atoms with Gasteiger partial charge in [-0.1, -0.05) is 6.07 Å². The Morgan fingerprint density at radius 3 is 2.44 bits per heavy atom. The van der Waals surface area contributed by atoms with Gasteiger partial charge in [-0.25, -0.2) is 0 Å². The first kappa shape index (κ1) is 11.5. The molecule has 1 aliphatic rings. The predicted molar refractivity (Wildman–Crippen MR) is 69.9 cm³/mol. The van der Waals surface area contributed by atoms with Crippen LogP contribution in [0.3, 0.4) is 0 Å². The SMILES string of the molecule is Cc1ccc(N2CCC(N)C2(C)C)cc1C. The molecule has 1 unspecified atom stereocenters. The fraction of sp³-hybridized carbons (Fsp3) is 0.571. The van der Waals surface area contributed by atoms with Gasteiger partial charge in [0.1, 0.15) is 0 Å². The zero-order chi connectivity index (χ0) is 11.9. The van der Waals surface area contributed by atoms with Crippen LogP contribution in [-0.4, -0.2) is 18.1 Å². The molecule has 0 saturated carbocycles. The van der Waals surface area contributed by atoms with Crippen molar-refractivity contribution in [3.05, 3.63) is 29.3 Å². The highest BCUT2D eigenvalue weighted by molar-refractivity contribution is 5.54. The first-order valence-corrected chi connectivity index (χ1v) is 6.03. The van der Waals surface area contributed by atoms with Crippen molar-refractivity contribution in [1.82, 2.24) is 0 Å². The van der Waals surface area contributed by atoms with Crippen molar-refractivity contribution in [2.24, 2.45) is 5.73 Å². The van der Waals surface area contributed by atoms with E-state index in [-0.39, 0.29) is 11.6 Å². The Balaban J connectivity index is 2.35. The molecule has 2 rings (SSSR count). The van der Waals surface area contributed by atoms with Crippen molar-refractivity contribution < 1.29 is 0 Å². The van der Waals surface area contributed by atoms with Crippen molar-refractivity contribution in [1.29, 1.82) is 0 Å². The van der Waals surface area contributed by atoms with Crippen LogP contribution in [0, 0.1) is 13.8 Å². The predicted octanol–water partition coefficient (Wildman–Crippen LogP) is 2.62. The van der Waals surface area contributed by atoms with E-state index >= 15 is 0 Å². The number of benzene rings is 1. The van der Waals surface area contributed by atoms with E-state index in [4.69, 9.17) is 5.73 Å². The number of rotatable bonds is 1. The zero-order valence-corrected chi connectivity index (χ0v) is 10.7. The molecule has 16 heavy (non-hydrogen) atoms. The first-order valence-electron chi connectivity index (χ1n) is 6.03. The van der Waals surface area contributed by atoms with Crippen LogP contribution in [0.1, 0.15) is 31.4 Å². The fourth-order valence-electron chi connectivity index (χ4n) is 2.47. The minimum atomic E-state index is 0.0711. The van der Waals surface area contributed by atoms with Gasteiger partial charge in [-0.15, -0.1) is 0 Å². The average Bonchev–Trinajstić information content (AvgIpc) is 2.47. The minimum Gasteiger partial charge on any atom is -0.365 e. The van der Waals surface area contributed by atoms with Gasteiger partial charge in [-0.05, 0) is 57.4 Å². The average molecular weight is 218 g/mol. The van der Waals surface area contributed by atoms with Gasteiger partial charge in [0.05, 0.1) is 0 Å². The Morgan fingerprint density at radius 2 is 1.94 bits per heavy atom. The number of aryl methyl sites for hydroxylation is 2. The van der Waals surface area contributed by atoms with E-state index in [1.807, 2.05) is 0 Å². The van der Waals surface area contributed by atoms with Crippen molar-refractivity contribution in [2.45, 2.75) is 45.7 Å². The number of nitrogens with zero attached hydrogens (tertiary/aromatic N) is 1. The van der Waals surface area contributed by atoms with Gasteiger partial charge in [0.15, 0.2) is 0 Å². The second kappa shape index (κ2) is 3.77. The highest BCUT2D eigenvalue weighted by Gasteiger charge is 2.38. The summed E-state index contributed by atoms with van der Waals surface area (Å²) in [7, 11) is 0.